The van der Waals surface area contributed by atoms with Gasteiger partial charge in [-0.1, -0.05) is 62.0 Å². The number of Topliss-reactive ketones (excluding diaryl/α,β-unsaturated/α-hetero) is 1. The number of carboxylic acids is 1. The van der Waals surface area contributed by atoms with E-state index in [1.165, 1.54) is 11.8 Å². The molecular formula is C49H70N4O6. The van der Waals surface area contributed by atoms with Crippen LogP contribution < -0.4 is 0 Å². The number of rotatable bonds is 11. The molecule has 4 saturated carbocycles. The Balaban J connectivity index is 1.33. The lowest BCUT2D eigenvalue weighted by atomic mass is 9.33. The molecule has 5 aliphatic carbocycles. The molecule has 1 unspecified atom stereocenters. The quantitative estimate of drug-likeness (QED) is 0.126. The topological polar surface area (TPSA) is 153 Å². The number of aliphatic carboxylic acids is 1. The van der Waals surface area contributed by atoms with Crippen LogP contribution in [-0.4, -0.2) is 69.5 Å². The molecule has 10 nitrogen and oxygen atoms in total. The fraction of sp³-hybridized carbons (Fsp3) is 0.714. The SMILES string of the molecule is C=C(c1ccc(C#N)cn1)N(CCC)C(=NC)[C@H](O)[C@@]12CC[C@]3(C)[C@H](CC[C@@H]4C5(C)CC[C@H](OC(=O)CC(C)(C)C(=O)O)C(C)(C)[C@@H]5CC[C@]43C)C1=C(C(C)C)C(=O)C2. The van der Waals surface area contributed by atoms with Crippen LogP contribution in [0.3, 0.4) is 0 Å². The average Bonchev–Trinajstić information content (AvgIpc) is 3.48. The molecule has 1 aromatic rings. The molecule has 1 heterocycles. The van der Waals surface area contributed by atoms with Crippen molar-refractivity contribution in [3.05, 3.63) is 47.3 Å². The zero-order chi connectivity index (χ0) is 43.7. The van der Waals surface area contributed by atoms with Crippen LogP contribution in [0.25, 0.3) is 5.70 Å². The van der Waals surface area contributed by atoms with Gasteiger partial charge in [0, 0.05) is 37.0 Å². The number of esters is 1. The van der Waals surface area contributed by atoms with E-state index in [2.05, 4.69) is 73.0 Å². The Morgan fingerprint density at radius 1 is 1.05 bits per heavy atom. The van der Waals surface area contributed by atoms with Gasteiger partial charge in [0.2, 0.25) is 0 Å². The van der Waals surface area contributed by atoms with Gasteiger partial charge in [-0.25, -0.2) is 0 Å². The second kappa shape index (κ2) is 15.6. The Hall–Kier alpha value is -3.84. The third-order valence-electron chi connectivity index (χ3n) is 17.1. The number of fused-ring (bicyclic) bond motifs is 7. The molecule has 1 aromatic heterocycles. The number of nitriles is 1. The van der Waals surface area contributed by atoms with E-state index in [4.69, 9.17) is 9.73 Å². The number of aliphatic hydroxyl groups is 1. The first-order valence-electron chi connectivity index (χ1n) is 22.2. The molecule has 59 heavy (non-hydrogen) atoms. The van der Waals surface area contributed by atoms with Gasteiger partial charge in [0.15, 0.2) is 5.78 Å². The smallest absolute Gasteiger partial charge is 0.309 e. The van der Waals surface area contributed by atoms with Crippen molar-refractivity contribution in [2.24, 2.45) is 61.2 Å². The van der Waals surface area contributed by atoms with E-state index < -0.39 is 28.9 Å². The molecule has 0 aliphatic heterocycles. The summed E-state index contributed by atoms with van der Waals surface area (Å²) < 4.78 is 6.19. The monoisotopic (exact) mass is 811 g/mol. The highest BCUT2D eigenvalue weighted by atomic mass is 16.5. The summed E-state index contributed by atoms with van der Waals surface area (Å²) in [5, 5.41) is 32.0. The highest BCUT2D eigenvalue weighted by Gasteiger charge is 2.71. The first kappa shape index (κ1) is 44.7. The van der Waals surface area contributed by atoms with E-state index in [-0.39, 0.29) is 58.2 Å². The summed E-state index contributed by atoms with van der Waals surface area (Å²) >= 11 is 0. The molecule has 0 spiro atoms. The Bertz CT molecular complexity index is 1970. The number of ether oxygens (including phenoxy) is 1. The summed E-state index contributed by atoms with van der Waals surface area (Å²) in [7, 11) is 1.72. The molecule has 2 N–H and O–H groups in total. The number of hydrogen-bond donors (Lipinski definition) is 2. The molecule has 0 aromatic carbocycles. The van der Waals surface area contributed by atoms with Crippen molar-refractivity contribution in [1.29, 1.82) is 5.26 Å². The van der Waals surface area contributed by atoms with Gasteiger partial charge in [0.25, 0.3) is 0 Å². The van der Waals surface area contributed by atoms with Crippen molar-refractivity contribution >= 4 is 29.3 Å². The number of ketones is 1. The largest absolute Gasteiger partial charge is 0.481 e. The van der Waals surface area contributed by atoms with E-state index in [1.807, 2.05) is 4.90 Å². The number of pyridine rings is 1. The molecule has 5 aliphatic rings. The number of aliphatic imine (C=N–C) groups is 1. The van der Waals surface area contributed by atoms with Crippen molar-refractivity contribution in [3.8, 4) is 6.07 Å². The number of allylic oxidation sites excluding steroid dienone is 1. The molecule has 6 rings (SSSR count). The molecule has 0 radical (unpaired) electrons. The molecule has 0 bridgehead atoms. The van der Waals surface area contributed by atoms with Crippen LogP contribution in [0, 0.1) is 67.5 Å². The van der Waals surface area contributed by atoms with Gasteiger partial charge in [0.1, 0.15) is 24.1 Å². The number of hydrogen-bond acceptors (Lipinski definition) is 8. The summed E-state index contributed by atoms with van der Waals surface area (Å²) in [6.07, 6.45) is 8.33. The Morgan fingerprint density at radius 2 is 1.75 bits per heavy atom. The van der Waals surface area contributed by atoms with Crippen LogP contribution in [0.1, 0.15) is 151 Å². The highest BCUT2D eigenvalue weighted by Crippen LogP contribution is 2.77. The maximum absolute atomic E-state index is 14.4. The predicted octanol–water partition coefficient (Wildman–Crippen LogP) is 9.42. The molecule has 0 amide bonds. The lowest BCUT2D eigenvalue weighted by molar-refractivity contribution is -0.234. The summed E-state index contributed by atoms with van der Waals surface area (Å²) in [4.78, 5) is 50.7. The van der Waals surface area contributed by atoms with Crippen LogP contribution in [0.4, 0.5) is 0 Å². The van der Waals surface area contributed by atoms with Gasteiger partial charge in [0.05, 0.1) is 28.8 Å². The highest BCUT2D eigenvalue weighted by molar-refractivity contribution is 6.03. The number of carbonyl (C=O) groups is 3. The molecule has 0 saturated heterocycles. The van der Waals surface area contributed by atoms with Gasteiger partial charge in [-0.15, -0.1) is 0 Å². The number of carbonyl (C=O) groups excluding carboxylic acids is 2. The first-order valence-corrected chi connectivity index (χ1v) is 22.2. The average molecular weight is 811 g/mol. The van der Waals surface area contributed by atoms with Gasteiger partial charge >= 0.3 is 11.9 Å². The van der Waals surface area contributed by atoms with E-state index in [1.54, 1.807) is 33.0 Å². The zero-order valence-corrected chi connectivity index (χ0v) is 37.7. The van der Waals surface area contributed by atoms with Crippen LogP contribution in [0.15, 0.2) is 41.0 Å². The van der Waals surface area contributed by atoms with Gasteiger partial charge in [-0.2, -0.15) is 5.26 Å². The van der Waals surface area contributed by atoms with Crippen molar-refractivity contribution in [2.75, 3.05) is 13.6 Å². The number of aromatic nitrogens is 1. The van der Waals surface area contributed by atoms with Gasteiger partial charge in [-0.3, -0.25) is 24.4 Å². The summed E-state index contributed by atoms with van der Waals surface area (Å²) in [6.45, 7) is 26.5. The molecular weight excluding hydrogens is 741 g/mol. The van der Waals surface area contributed by atoms with Crippen LogP contribution in [0.2, 0.25) is 0 Å². The number of aliphatic hydroxyl groups excluding tert-OH is 1. The second-order valence-corrected chi connectivity index (χ2v) is 21.2. The van der Waals surface area contributed by atoms with Gasteiger partial charge < -0.3 is 19.8 Å². The van der Waals surface area contributed by atoms with Crippen LogP contribution in [0.5, 0.6) is 0 Å². The number of nitrogens with zero attached hydrogens (tertiary/aromatic N) is 4. The lowest BCUT2D eigenvalue weighted by Crippen LogP contribution is -2.66. The fourth-order valence-corrected chi connectivity index (χ4v) is 13.8. The standard InChI is InChI=1S/C49H70N4O6/c1-13-24-53(30(4)33-16-14-31(27-50)28-52-33)42(51-12)41(56)49-23-22-47(10)32(40(49)39(29(2)3)34(54)25-49)15-17-36-46(9)20-19-37(59-38(55)26-44(5,6)43(57)58)45(7,8)35(46)18-21-48(36,47)11/h14,16,28-29,32,35-37,41,56H,4,13,15,17-26H2,1-3,5-12H3,(H,57,58)/t32-,35+,36-,37+,41+,46?,47-,48-,49-/m1/s1. The van der Waals surface area contributed by atoms with E-state index >= 15 is 0 Å². The lowest BCUT2D eigenvalue weighted by Gasteiger charge is -2.72. The third kappa shape index (κ3) is 6.90. The van der Waals surface area contributed by atoms with E-state index in [0.29, 0.717) is 47.6 Å². The number of carboxylic acid groups (broad SMARTS) is 1. The van der Waals surface area contributed by atoms with Crippen molar-refractivity contribution < 1.29 is 29.3 Å². The van der Waals surface area contributed by atoms with Crippen LogP contribution >= 0.6 is 0 Å². The number of amidine groups is 1. The summed E-state index contributed by atoms with van der Waals surface area (Å²) in [5.74, 6) is 0.0829. The maximum atomic E-state index is 14.4. The van der Waals surface area contributed by atoms with Crippen molar-refractivity contribution in [2.45, 2.75) is 152 Å². The first-order chi connectivity index (χ1) is 27.5. The minimum Gasteiger partial charge on any atom is -0.481 e. The summed E-state index contributed by atoms with van der Waals surface area (Å²) in [5.41, 5.74) is 1.33. The minimum atomic E-state index is -1.19. The zero-order valence-electron chi connectivity index (χ0n) is 37.7. The molecule has 10 heteroatoms. The second-order valence-electron chi connectivity index (χ2n) is 21.2. The van der Waals surface area contributed by atoms with Crippen LogP contribution in [-0.2, 0) is 19.1 Å². The minimum absolute atomic E-state index is 0.00502. The van der Waals surface area contributed by atoms with E-state index in [9.17, 15) is 29.9 Å². The molecule has 322 valence electrons. The van der Waals surface area contributed by atoms with E-state index in [0.717, 1.165) is 56.9 Å². The molecule has 4 fully saturated rings. The molecule has 9 atom stereocenters. The Labute approximate surface area is 353 Å². The Kier molecular flexibility index (Phi) is 11.8. The Morgan fingerprint density at radius 3 is 2.32 bits per heavy atom. The fourth-order valence-electron chi connectivity index (χ4n) is 13.8. The predicted molar refractivity (Wildman–Crippen MR) is 230 cm³/mol. The normalized spacial score (nSPS) is 34.5. The van der Waals surface area contributed by atoms with Crippen molar-refractivity contribution in [3.63, 3.8) is 0 Å². The third-order valence-corrected chi connectivity index (χ3v) is 17.1. The summed E-state index contributed by atoms with van der Waals surface area (Å²) in [6, 6.07) is 5.64. The van der Waals surface area contributed by atoms with Crippen molar-refractivity contribution in [1.82, 2.24) is 9.88 Å². The van der Waals surface area contributed by atoms with Gasteiger partial charge in [-0.05, 0) is 135 Å². The maximum Gasteiger partial charge on any atom is 0.309 e.